The molecule has 0 spiro atoms. The van der Waals surface area contributed by atoms with Crippen molar-refractivity contribution in [2.75, 3.05) is 32.1 Å². The lowest BCUT2D eigenvalue weighted by atomic mass is 9.95. The average molecular weight is 266 g/mol. The second-order valence-corrected chi connectivity index (χ2v) is 6.45. The van der Waals surface area contributed by atoms with Gasteiger partial charge in [-0.15, -0.1) is 0 Å². The maximum absolute atomic E-state index is 6.33. The van der Waals surface area contributed by atoms with Crippen molar-refractivity contribution in [3.8, 4) is 0 Å². The molecule has 1 rings (SSSR count). The molecule has 1 aromatic carbocycles. The van der Waals surface area contributed by atoms with E-state index in [0.29, 0.717) is 0 Å². The molecular weight excluding hydrogens is 240 g/mol. The first-order valence-electron chi connectivity index (χ1n) is 6.47. The summed E-state index contributed by atoms with van der Waals surface area (Å²) in [6.07, 6.45) is 0. The third-order valence-corrected chi connectivity index (χ3v) is 4.16. The van der Waals surface area contributed by atoms with Crippen LogP contribution in [-0.4, -0.2) is 37.0 Å². The molecule has 1 aromatic rings. The van der Waals surface area contributed by atoms with Gasteiger partial charge in [-0.2, -0.15) is 11.8 Å². The lowest BCUT2D eigenvalue weighted by molar-refractivity contribution is 0.437. The molecule has 2 N–H and O–H groups in total. The maximum atomic E-state index is 6.33. The summed E-state index contributed by atoms with van der Waals surface area (Å²) in [5, 5.41) is 0. The largest absolute Gasteiger partial charge is 0.323 e. The van der Waals surface area contributed by atoms with Gasteiger partial charge in [0, 0.05) is 24.1 Å². The highest BCUT2D eigenvalue weighted by atomic mass is 32.2. The van der Waals surface area contributed by atoms with E-state index in [0.717, 1.165) is 18.1 Å². The Bertz CT molecular complexity index is 365. The smallest absolute Gasteiger partial charge is 0.0392 e. The van der Waals surface area contributed by atoms with Crippen LogP contribution in [0.1, 0.15) is 28.3 Å². The molecule has 2 nitrogen and oxygen atoms in total. The van der Waals surface area contributed by atoms with Crippen LogP contribution in [0.15, 0.2) is 12.1 Å². The second-order valence-electron chi connectivity index (χ2n) is 5.30. The SMILES string of the molecule is Cc1cc(C)c(C(N)CSCCN(C)C)c(C)c1. The fraction of sp³-hybridized carbons (Fsp3) is 0.600. The van der Waals surface area contributed by atoms with Gasteiger partial charge >= 0.3 is 0 Å². The third kappa shape index (κ3) is 4.63. The molecule has 0 aliphatic carbocycles. The Morgan fingerprint density at radius 2 is 1.72 bits per heavy atom. The quantitative estimate of drug-likeness (QED) is 0.803. The van der Waals surface area contributed by atoms with Gasteiger partial charge < -0.3 is 10.6 Å². The number of hydrogen-bond donors (Lipinski definition) is 1. The van der Waals surface area contributed by atoms with Crippen LogP contribution >= 0.6 is 11.8 Å². The van der Waals surface area contributed by atoms with Crippen molar-refractivity contribution in [1.29, 1.82) is 0 Å². The van der Waals surface area contributed by atoms with Gasteiger partial charge in [0.25, 0.3) is 0 Å². The van der Waals surface area contributed by atoms with E-state index in [1.54, 1.807) is 0 Å². The molecule has 0 saturated heterocycles. The van der Waals surface area contributed by atoms with Gasteiger partial charge in [0.15, 0.2) is 0 Å². The fourth-order valence-electron chi connectivity index (χ4n) is 2.32. The molecule has 0 fully saturated rings. The third-order valence-electron chi connectivity index (χ3n) is 3.09. The highest BCUT2D eigenvalue weighted by Crippen LogP contribution is 2.24. The van der Waals surface area contributed by atoms with Gasteiger partial charge in [-0.1, -0.05) is 17.7 Å². The number of aryl methyl sites for hydroxylation is 3. The van der Waals surface area contributed by atoms with Crippen molar-refractivity contribution in [2.45, 2.75) is 26.8 Å². The molecule has 0 radical (unpaired) electrons. The zero-order valence-corrected chi connectivity index (χ0v) is 13.1. The van der Waals surface area contributed by atoms with E-state index in [1.165, 1.54) is 22.3 Å². The first-order valence-corrected chi connectivity index (χ1v) is 7.63. The molecule has 0 bridgehead atoms. The number of rotatable bonds is 6. The van der Waals surface area contributed by atoms with Gasteiger partial charge in [-0.25, -0.2) is 0 Å². The highest BCUT2D eigenvalue weighted by Gasteiger charge is 2.12. The van der Waals surface area contributed by atoms with Crippen LogP contribution in [0.25, 0.3) is 0 Å². The van der Waals surface area contributed by atoms with Crippen molar-refractivity contribution in [3.63, 3.8) is 0 Å². The van der Waals surface area contributed by atoms with E-state index in [4.69, 9.17) is 5.73 Å². The Kier molecular flexibility index (Phi) is 6.19. The monoisotopic (exact) mass is 266 g/mol. The number of nitrogens with two attached hydrogens (primary N) is 1. The first kappa shape index (κ1) is 15.5. The minimum absolute atomic E-state index is 0.151. The van der Waals surface area contributed by atoms with Crippen LogP contribution in [0, 0.1) is 20.8 Å². The van der Waals surface area contributed by atoms with Crippen molar-refractivity contribution < 1.29 is 0 Å². The summed E-state index contributed by atoms with van der Waals surface area (Å²) in [7, 11) is 4.21. The Labute approximate surface area is 116 Å². The van der Waals surface area contributed by atoms with Crippen LogP contribution in [0.3, 0.4) is 0 Å². The summed E-state index contributed by atoms with van der Waals surface area (Å²) in [6.45, 7) is 7.59. The Hall–Kier alpha value is -0.510. The normalized spacial score (nSPS) is 13.1. The van der Waals surface area contributed by atoms with Crippen molar-refractivity contribution >= 4 is 11.8 Å². The summed E-state index contributed by atoms with van der Waals surface area (Å²) >= 11 is 1.94. The van der Waals surface area contributed by atoms with Crippen LogP contribution in [0.4, 0.5) is 0 Å². The lowest BCUT2D eigenvalue weighted by Gasteiger charge is -2.18. The zero-order chi connectivity index (χ0) is 13.7. The van der Waals surface area contributed by atoms with E-state index in [9.17, 15) is 0 Å². The maximum Gasteiger partial charge on any atom is 0.0392 e. The van der Waals surface area contributed by atoms with E-state index >= 15 is 0 Å². The van der Waals surface area contributed by atoms with Crippen molar-refractivity contribution in [1.82, 2.24) is 4.90 Å². The molecule has 102 valence electrons. The highest BCUT2D eigenvalue weighted by molar-refractivity contribution is 7.99. The van der Waals surface area contributed by atoms with Crippen molar-refractivity contribution in [3.05, 3.63) is 34.4 Å². The van der Waals surface area contributed by atoms with Crippen LogP contribution in [-0.2, 0) is 0 Å². The van der Waals surface area contributed by atoms with Crippen LogP contribution in [0.2, 0.25) is 0 Å². The minimum Gasteiger partial charge on any atom is -0.323 e. The number of benzene rings is 1. The fourth-order valence-corrected chi connectivity index (χ4v) is 3.40. The second kappa shape index (κ2) is 7.17. The molecule has 0 heterocycles. The molecule has 1 unspecified atom stereocenters. The number of nitrogens with zero attached hydrogens (tertiary/aromatic N) is 1. The Morgan fingerprint density at radius 3 is 2.22 bits per heavy atom. The molecular formula is C15H26N2S. The summed E-state index contributed by atoms with van der Waals surface area (Å²) in [4.78, 5) is 2.21. The predicted octanol–water partition coefficient (Wildman–Crippen LogP) is 2.91. The van der Waals surface area contributed by atoms with Gasteiger partial charge in [-0.05, 0) is 51.6 Å². The zero-order valence-electron chi connectivity index (χ0n) is 12.3. The van der Waals surface area contributed by atoms with Crippen molar-refractivity contribution in [2.24, 2.45) is 5.73 Å². The molecule has 0 saturated carbocycles. The summed E-state index contributed by atoms with van der Waals surface area (Å²) in [5.74, 6) is 2.14. The lowest BCUT2D eigenvalue weighted by Crippen LogP contribution is -2.19. The van der Waals surface area contributed by atoms with Gasteiger partial charge in [0.2, 0.25) is 0 Å². The summed E-state index contributed by atoms with van der Waals surface area (Å²) < 4.78 is 0. The average Bonchev–Trinajstić information content (AvgIpc) is 2.22. The Morgan fingerprint density at radius 1 is 1.17 bits per heavy atom. The number of hydrogen-bond acceptors (Lipinski definition) is 3. The predicted molar refractivity (Wildman–Crippen MR) is 83.5 cm³/mol. The molecule has 0 aliphatic rings. The summed E-state index contributed by atoms with van der Waals surface area (Å²) in [5.41, 5.74) is 11.6. The van der Waals surface area contributed by atoms with Crippen LogP contribution in [0.5, 0.6) is 0 Å². The molecule has 0 amide bonds. The summed E-state index contributed by atoms with van der Waals surface area (Å²) in [6, 6.07) is 4.61. The van der Waals surface area contributed by atoms with Gasteiger partial charge in [0.05, 0.1) is 0 Å². The molecule has 0 aromatic heterocycles. The molecule has 0 aliphatic heterocycles. The topological polar surface area (TPSA) is 29.3 Å². The first-order chi connectivity index (χ1) is 8.41. The van der Waals surface area contributed by atoms with E-state index in [2.05, 4.69) is 51.9 Å². The van der Waals surface area contributed by atoms with Crippen LogP contribution < -0.4 is 5.73 Å². The van der Waals surface area contributed by atoms with Gasteiger partial charge in [0.1, 0.15) is 0 Å². The minimum atomic E-state index is 0.151. The molecule has 1 atom stereocenters. The van der Waals surface area contributed by atoms with E-state index in [1.807, 2.05) is 11.8 Å². The van der Waals surface area contributed by atoms with E-state index < -0.39 is 0 Å². The number of thioether (sulfide) groups is 1. The van der Waals surface area contributed by atoms with E-state index in [-0.39, 0.29) is 6.04 Å². The Balaban J connectivity index is 2.59. The van der Waals surface area contributed by atoms with Gasteiger partial charge in [-0.3, -0.25) is 0 Å². The standard InChI is InChI=1S/C15H26N2S/c1-11-8-12(2)15(13(3)9-11)14(16)10-18-7-6-17(4)5/h8-9,14H,6-7,10,16H2,1-5H3. The molecule has 3 heteroatoms. The molecule has 18 heavy (non-hydrogen) atoms.